The first-order chi connectivity index (χ1) is 9.17. The summed E-state index contributed by atoms with van der Waals surface area (Å²) in [5.74, 6) is -0.735. The lowest BCUT2D eigenvalue weighted by Crippen LogP contribution is -2.27. The monoisotopic (exact) mass is 299 g/mol. The molecule has 0 aromatic heterocycles. The van der Waals surface area contributed by atoms with E-state index in [1.165, 1.54) is 0 Å². The second-order valence-electron chi connectivity index (χ2n) is 5.30. The Morgan fingerprint density at radius 2 is 1.80 bits per heavy atom. The van der Waals surface area contributed by atoms with Crippen molar-refractivity contribution in [3.8, 4) is 0 Å². The van der Waals surface area contributed by atoms with Gasteiger partial charge in [-0.25, -0.2) is 4.79 Å². The highest BCUT2D eigenvalue weighted by Crippen LogP contribution is 2.18. The maximum absolute atomic E-state index is 11.6. The van der Waals surface area contributed by atoms with E-state index in [9.17, 15) is 9.59 Å². The van der Waals surface area contributed by atoms with E-state index in [1.807, 2.05) is 0 Å². The first kappa shape index (κ1) is 16.5. The molecule has 5 nitrogen and oxygen atoms in total. The summed E-state index contributed by atoms with van der Waals surface area (Å²) in [6.45, 7) is 5.04. The predicted octanol–water partition coefficient (Wildman–Crippen LogP) is 3.21. The molecule has 0 aliphatic heterocycles. The van der Waals surface area contributed by atoms with Crippen molar-refractivity contribution in [3.05, 3.63) is 34.9 Å². The topological polar surface area (TPSA) is 78.6 Å². The van der Waals surface area contributed by atoms with E-state index in [0.717, 1.165) is 5.56 Å². The number of hydrogen-bond acceptors (Lipinski definition) is 5. The summed E-state index contributed by atoms with van der Waals surface area (Å²) >= 11 is 5.76. The Balaban J connectivity index is 2.50. The fraction of sp³-hybridized carbons (Fsp3) is 0.429. The zero-order valence-corrected chi connectivity index (χ0v) is 12.4. The second kappa shape index (κ2) is 6.72. The van der Waals surface area contributed by atoms with Gasteiger partial charge in [0.2, 0.25) is 0 Å². The van der Waals surface area contributed by atoms with E-state index in [2.05, 4.69) is 4.74 Å². The van der Waals surface area contributed by atoms with Crippen molar-refractivity contribution in [1.29, 1.82) is 0 Å². The Morgan fingerprint density at radius 1 is 1.25 bits per heavy atom. The minimum atomic E-state index is -1.02. The van der Waals surface area contributed by atoms with Crippen molar-refractivity contribution < 1.29 is 19.1 Å². The van der Waals surface area contributed by atoms with Crippen LogP contribution < -0.4 is 5.73 Å². The fourth-order valence-electron chi connectivity index (χ4n) is 1.41. The molecule has 1 aromatic carbocycles. The molecule has 1 rings (SSSR count). The van der Waals surface area contributed by atoms with E-state index in [-0.39, 0.29) is 6.42 Å². The van der Waals surface area contributed by atoms with Crippen LogP contribution >= 0.6 is 11.6 Å². The van der Waals surface area contributed by atoms with E-state index in [4.69, 9.17) is 22.1 Å². The van der Waals surface area contributed by atoms with Crippen molar-refractivity contribution in [1.82, 2.24) is 0 Å². The molecule has 20 heavy (non-hydrogen) atoms. The minimum absolute atomic E-state index is 0.124. The average molecular weight is 300 g/mol. The van der Waals surface area contributed by atoms with Crippen LogP contribution in [0, 0.1) is 0 Å². The van der Waals surface area contributed by atoms with Gasteiger partial charge in [-0.1, -0.05) is 23.7 Å². The molecule has 0 heterocycles. The molecular formula is C14H18ClNO4. The van der Waals surface area contributed by atoms with Gasteiger partial charge < -0.3 is 15.2 Å². The summed E-state index contributed by atoms with van der Waals surface area (Å²) in [6, 6.07) is 6.22. The van der Waals surface area contributed by atoms with Gasteiger partial charge in [0.1, 0.15) is 5.60 Å². The zero-order chi connectivity index (χ0) is 15.3. The molecule has 0 radical (unpaired) electrons. The normalized spacial score (nSPS) is 12.7. The summed E-state index contributed by atoms with van der Waals surface area (Å²) in [7, 11) is 0. The Bertz CT molecular complexity index is 479. The van der Waals surface area contributed by atoms with Gasteiger partial charge in [0.15, 0.2) is 0 Å². The summed E-state index contributed by atoms with van der Waals surface area (Å²) in [4.78, 5) is 22.9. The van der Waals surface area contributed by atoms with Gasteiger partial charge in [0.25, 0.3) is 0 Å². The molecule has 6 heteroatoms. The van der Waals surface area contributed by atoms with Gasteiger partial charge in [-0.05, 0) is 38.5 Å². The van der Waals surface area contributed by atoms with Crippen LogP contribution in [0.3, 0.4) is 0 Å². The highest BCUT2D eigenvalue weighted by Gasteiger charge is 2.21. The Morgan fingerprint density at radius 3 is 2.30 bits per heavy atom. The number of carbonyl (C=O) groups excluding carboxylic acids is 2. The molecule has 1 aromatic rings. The van der Waals surface area contributed by atoms with Crippen LogP contribution in [0.5, 0.6) is 0 Å². The number of halogens is 1. The number of rotatable bonds is 3. The summed E-state index contributed by atoms with van der Waals surface area (Å²) < 4.78 is 9.41. The van der Waals surface area contributed by atoms with Gasteiger partial charge in [-0.3, -0.25) is 4.79 Å². The third-order valence-corrected chi connectivity index (χ3v) is 2.52. The van der Waals surface area contributed by atoms with Gasteiger partial charge in [0.05, 0.1) is 6.42 Å². The molecule has 0 spiro atoms. The number of nitrogens with two attached hydrogens (primary N) is 1. The van der Waals surface area contributed by atoms with E-state index < -0.39 is 23.8 Å². The molecule has 1 atom stereocenters. The Labute approximate surface area is 123 Å². The van der Waals surface area contributed by atoms with Crippen LogP contribution in [0.15, 0.2) is 24.3 Å². The molecule has 0 aliphatic rings. The van der Waals surface area contributed by atoms with Crippen LogP contribution in [0.25, 0.3) is 0 Å². The van der Waals surface area contributed by atoms with E-state index in [1.54, 1.807) is 45.0 Å². The lowest BCUT2D eigenvalue weighted by Gasteiger charge is -2.18. The van der Waals surface area contributed by atoms with Crippen molar-refractivity contribution in [2.45, 2.75) is 38.8 Å². The number of ether oxygens (including phenoxy) is 2. The van der Waals surface area contributed by atoms with Crippen LogP contribution in [-0.2, 0) is 14.3 Å². The maximum atomic E-state index is 11.6. The largest absolute Gasteiger partial charge is 0.516 e. The third-order valence-electron chi connectivity index (χ3n) is 2.27. The maximum Gasteiger partial charge on any atom is 0.516 e. The zero-order valence-electron chi connectivity index (χ0n) is 11.7. The molecule has 0 amide bonds. The van der Waals surface area contributed by atoms with Gasteiger partial charge in [-0.2, -0.15) is 0 Å². The fourth-order valence-corrected chi connectivity index (χ4v) is 1.54. The van der Waals surface area contributed by atoms with Gasteiger partial charge in [0, 0.05) is 11.1 Å². The summed E-state index contributed by atoms with van der Waals surface area (Å²) in [5.41, 5.74) is 5.87. The summed E-state index contributed by atoms with van der Waals surface area (Å²) in [5, 5.41) is 0.581. The number of esters is 1. The molecule has 0 fully saturated rings. The number of hydrogen-bond donors (Lipinski definition) is 1. The molecule has 0 saturated heterocycles. The molecule has 2 N–H and O–H groups in total. The smallest absolute Gasteiger partial charge is 0.428 e. The van der Waals surface area contributed by atoms with Crippen molar-refractivity contribution in [3.63, 3.8) is 0 Å². The second-order valence-corrected chi connectivity index (χ2v) is 5.74. The first-order valence-electron chi connectivity index (χ1n) is 6.12. The van der Waals surface area contributed by atoms with Crippen LogP contribution in [-0.4, -0.2) is 17.7 Å². The van der Waals surface area contributed by atoms with Crippen molar-refractivity contribution >= 4 is 23.7 Å². The highest BCUT2D eigenvalue weighted by molar-refractivity contribution is 6.30. The van der Waals surface area contributed by atoms with Crippen LogP contribution in [0.2, 0.25) is 5.02 Å². The van der Waals surface area contributed by atoms with Crippen LogP contribution in [0.4, 0.5) is 4.79 Å². The average Bonchev–Trinajstić information content (AvgIpc) is 2.26. The molecule has 0 unspecified atom stereocenters. The minimum Gasteiger partial charge on any atom is -0.428 e. The van der Waals surface area contributed by atoms with Crippen LogP contribution in [0.1, 0.15) is 38.8 Å². The lowest BCUT2D eigenvalue weighted by atomic mass is 10.1. The van der Waals surface area contributed by atoms with Gasteiger partial charge in [-0.15, -0.1) is 0 Å². The number of benzene rings is 1. The Hall–Kier alpha value is -1.59. The predicted molar refractivity (Wildman–Crippen MR) is 75.3 cm³/mol. The third kappa shape index (κ3) is 6.04. The molecular weight excluding hydrogens is 282 g/mol. The highest BCUT2D eigenvalue weighted by atomic mass is 35.5. The number of carbonyl (C=O) groups is 2. The molecule has 0 aliphatic carbocycles. The van der Waals surface area contributed by atoms with E-state index >= 15 is 0 Å². The van der Waals surface area contributed by atoms with Gasteiger partial charge >= 0.3 is 12.1 Å². The molecule has 0 bridgehead atoms. The summed E-state index contributed by atoms with van der Waals surface area (Å²) in [6.07, 6.45) is -1.15. The SMILES string of the molecule is CC(C)(C)OC(=O)OC(=O)C[C@H](N)c1ccc(Cl)cc1. The first-order valence-corrected chi connectivity index (χ1v) is 6.50. The molecule has 110 valence electrons. The molecule has 0 saturated carbocycles. The quantitative estimate of drug-likeness (QED) is 0.685. The van der Waals surface area contributed by atoms with Crippen molar-refractivity contribution in [2.24, 2.45) is 5.73 Å². The standard InChI is InChI=1S/C14H18ClNO4/c1-14(2,3)20-13(18)19-12(17)8-11(16)9-4-6-10(15)7-5-9/h4-7,11H,8,16H2,1-3H3/t11-/m0/s1. The lowest BCUT2D eigenvalue weighted by molar-refractivity contribution is -0.141. The van der Waals surface area contributed by atoms with Crippen molar-refractivity contribution in [2.75, 3.05) is 0 Å². The van der Waals surface area contributed by atoms with E-state index in [0.29, 0.717) is 5.02 Å². The Kier molecular flexibility index (Phi) is 5.53.